The van der Waals surface area contributed by atoms with E-state index in [1.54, 1.807) is 18.2 Å². The summed E-state index contributed by atoms with van der Waals surface area (Å²) in [5, 5.41) is 6.11. The zero-order valence-electron chi connectivity index (χ0n) is 11.4. The highest BCUT2D eigenvalue weighted by atomic mass is 35.5. The van der Waals surface area contributed by atoms with Gasteiger partial charge in [-0.1, -0.05) is 35.9 Å². The van der Waals surface area contributed by atoms with E-state index >= 15 is 0 Å². The molecule has 2 aromatic rings. The Labute approximate surface area is 128 Å². The zero-order chi connectivity index (χ0) is 15.1. The number of hydrogen-bond acceptors (Lipinski definition) is 1. The molecular weight excluding hydrogens is 291 g/mol. The lowest BCUT2D eigenvalue weighted by Crippen LogP contribution is -2.36. The van der Waals surface area contributed by atoms with E-state index in [9.17, 15) is 9.18 Å². The van der Waals surface area contributed by atoms with Crippen LogP contribution in [0, 0.1) is 5.82 Å². The number of rotatable bonds is 5. The lowest BCUT2D eigenvalue weighted by molar-refractivity contribution is 0.240. The molecule has 0 aliphatic rings. The van der Waals surface area contributed by atoms with E-state index in [1.807, 2.05) is 18.2 Å². The fourth-order valence-electron chi connectivity index (χ4n) is 1.90. The average Bonchev–Trinajstić information content (AvgIpc) is 2.45. The van der Waals surface area contributed by atoms with Gasteiger partial charge in [-0.25, -0.2) is 9.18 Å². The van der Waals surface area contributed by atoms with E-state index in [-0.39, 0.29) is 11.8 Å². The summed E-state index contributed by atoms with van der Waals surface area (Å²) in [5.74, 6) is -0.266. The summed E-state index contributed by atoms with van der Waals surface area (Å²) in [7, 11) is 0. The molecule has 0 aliphatic heterocycles. The van der Waals surface area contributed by atoms with Gasteiger partial charge in [0, 0.05) is 18.1 Å². The van der Waals surface area contributed by atoms with Gasteiger partial charge in [-0.05, 0) is 41.8 Å². The Morgan fingerprint density at radius 2 is 1.81 bits per heavy atom. The second-order valence-electron chi connectivity index (χ2n) is 4.62. The Morgan fingerprint density at radius 1 is 1.05 bits per heavy atom. The highest BCUT2D eigenvalue weighted by Gasteiger charge is 2.01. The molecule has 0 fully saturated rings. The fourth-order valence-corrected chi connectivity index (χ4v) is 2.12. The maximum absolute atomic E-state index is 13.0. The van der Waals surface area contributed by atoms with Crippen LogP contribution < -0.4 is 10.6 Å². The van der Waals surface area contributed by atoms with Crippen molar-refractivity contribution >= 4 is 17.6 Å². The van der Waals surface area contributed by atoms with Crippen molar-refractivity contribution in [2.45, 2.75) is 13.0 Å². The Balaban J connectivity index is 1.70. The molecule has 0 unspecified atom stereocenters. The summed E-state index contributed by atoms with van der Waals surface area (Å²) < 4.78 is 13.0. The van der Waals surface area contributed by atoms with Crippen molar-refractivity contribution in [3.63, 3.8) is 0 Å². The molecule has 3 nitrogen and oxygen atoms in total. The molecule has 0 radical (unpaired) electrons. The van der Waals surface area contributed by atoms with Crippen LogP contribution in [-0.4, -0.2) is 12.6 Å². The summed E-state index contributed by atoms with van der Waals surface area (Å²) in [4.78, 5) is 11.6. The van der Waals surface area contributed by atoms with Gasteiger partial charge in [0.15, 0.2) is 0 Å². The normalized spacial score (nSPS) is 10.2. The smallest absolute Gasteiger partial charge is 0.315 e. The molecule has 0 spiro atoms. The first-order chi connectivity index (χ1) is 10.1. The molecule has 2 amide bonds. The molecule has 0 atom stereocenters. The van der Waals surface area contributed by atoms with Crippen LogP contribution >= 0.6 is 11.6 Å². The molecule has 0 saturated carbocycles. The van der Waals surface area contributed by atoms with Gasteiger partial charge in [-0.15, -0.1) is 0 Å². The van der Waals surface area contributed by atoms with Gasteiger partial charge < -0.3 is 10.6 Å². The second kappa shape index (κ2) is 7.64. The van der Waals surface area contributed by atoms with Crippen LogP contribution in [0.4, 0.5) is 9.18 Å². The van der Waals surface area contributed by atoms with Crippen molar-refractivity contribution in [2.75, 3.05) is 6.54 Å². The lowest BCUT2D eigenvalue weighted by atomic mass is 10.1. The first-order valence-electron chi connectivity index (χ1n) is 6.64. The predicted molar refractivity (Wildman–Crippen MR) is 81.8 cm³/mol. The van der Waals surface area contributed by atoms with Gasteiger partial charge in [0.2, 0.25) is 0 Å². The maximum atomic E-state index is 13.0. The molecule has 2 rings (SSSR count). The third-order valence-electron chi connectivity index (χ3n) is 2.93. The number of halogens is 2. The van der Waals surface area contributed by atoms with Gasteiger partial charge in [0.1, 0.15) is 5.82 Å². The van der Waals surface area contributed by atoms with E-state index in [1.165, 1.54) is 12.1 Å². The topological polar surface area (TPSA) is 41.1 Å². The van der Waals surface area contributed by atoms with Crippen molar-refractivity contribution in [1.82, 2.24) is 10.6 Å². The average molecular weight is 307 g/mol. The minimum Gasteiger partial charge on any atom is -0.338 e. The van der Waals surface area contributed by atoms with Crippen molar-refractivity contribution in [2.24, 2.45) is 0 Å². The summed E-state index contributed by atoms with van der Waals surface area (Å²) in [6, 6.07) is 13.4. The van der Waals surface area contributed by atoms with Crippen LogP contribution in [0.25, 0.3) is 0 Å². The Kier molecular flexibility index (Phi) is 5.58. The molecule has 0 saturated heterocycles. The minimum absolute atomic E-state index is 0.258. The monoisotopic (exact) mass is 306 g/mol. The Hall–Kier alpha value is -2.07. The number of benzene rings is 2. The molecule has 0 bridgehead atoms. The van der Waals surface area contributed by atoms with Crippen LogP contribution in [0.2, 0.25) is 5.02 Å². The van der Waals surface area contributed by atoms with Crippen molar-refractivity contribution < 1.29 is 9.18 Å². The van der Waals surface area contributed by atoms with Crippen LogP contribution in [0.15, 0.2) is 48.5 Å². The van der Waals surface area contributed by atoms with Gasteiger partial charge in [-0.3, -0.25) is 0 Å². The van der Waals surface area contributed by atoms with Gasteiger partial charge in [-0.2, -0.15) is 0 Å². The first kappa shape index (κ1) is 15.3. The summed E-state index contributed by atoms with van der Waals surface area (Å²) >= 11 is 5.87. The first-order valence-corrected chi connectivity index (χ1v) is 7.02. The number of amides is 2. The Morgan fingerprint density at radius 3 is 2.57 bits per heavy atom. The van der Waals surface area contributed by atoms with Crippen molar-refractivity contribution in [1.29, 1.82) is 0 Å². The fraction of sp³-hybridized carbons (Fsp3) is 0.188. The van der Waals surface area contributed by atoms with Gasteiger partial charge >= 0.3 is 6.03 Å². The van der Waals surface area contributed by atoms with Gasteiger partial charge in [0.25, 0.3) is 0 Å². The molecule has 0 aromatic heterocycles. The third kappa shape index (κ3) is 5.44. The number of carbonyl (C=O) groups is 1. The standard InChI is InChI=1S/C16H16ClFN2O/c17-14-5-1-4-13(9-14)11-20-16(21)19-8-7-12-3-2-6-15(18)10-12/h1-6,9-10H,7-8,11H2,(H2,19,20,21). The maximum Gasteiger partial charge on any atom is 0.315 e. The van der Waals surface area contributed by atoms with E-state index in [0.717, 1.165) is 11.1 Å². The SMILES string of the molecule is O=C(NCCc1cccc(F)c1)NCc1cccc(Cl)c1. The lowest BCUT2D eigenvalue weighted by Gasteiger charge is -2.08. The van der Waals surface area contributed by atoms with E-state index in [4.69, 9.17) is 11.6 Å². The number of urea groups is 1. The van der Waals surface area contributed by atoms with Crippen molar-refractivity contribution in [3.05, 3.63) is 70.5 Å². The molecule has 2 aromatic carbocycles. The highest BCUT2D eigenvalue weighted by Crippen LogP contribution is 2.10. The van der Waals surface area contributed by atoms with E-state index < -0.39 is 0 Å². The van der Waals surface area contributed by atoms with Gasteiger partial charge in [0.05, 0.1) is 0 Å². The number of carbonyl (C=O) groups excluding carboxylic acids is 1. The van der Waals surface area contributed by atoms with E-state index in [2.05, 4.69) is 10.6 Å². The highest BCUT2D eigenvalue weighted by molar-refractivity contribution is 6.30. The number of nitrogens with one attached hydrogen (secondary N) is 2. The number of hydrogen-bond donors (Lipinski definition) is 2. The minimum atomic E-state index is -0.266. The molecule has 21 heavy (non-hydrogen) atoms. The largest absolute Gasteiger partial charge is 0.338 e. The summed E-state index contributed by atoms with van der Waals surface area (Å²) in [6.07, 6.45) is 0.586. The predicted octanol–water partition coefficient (Wildman–Crippen LogP) is 3.52. The third-order valence-corrected chi connectivity index (χ3v) is 3.17. The molecule has 0 aliphatic carbocycles. The summed E-state index contributed by atoms with van der Waals surface area (Å²) in [6.45, 7) is 0.858. The molecule has 5 heteroatoms. The zero-order valence-corrected chi connectivity index (χ0v) is 12.2. The van der Waals surface area contributed by atoms with Crippen LogP contribution in [0.5, 0.6) is 0 Å². The molecule has 110 valence electrons. The second-order valence-corrected chi connectivity index (χ2v) is 5.06. The molecule has 2 N–H and O–H groups in total. The van der Waals surface area contributed by atoms with Crippen LogP contribution in [-0.2, 0) is 13.0 Å². The molecule has 0 heterocycles. The van der Waals surface area contributed by atoms with Crippen LogP contribution in [0.3, 0.4) is 0 Å². The van der Waals surface area contributed by atoms with E-state index in [0.29, 0.717) is 24.5 Å². The molecular formula is C16H16ClFN2O. The quantitative estimate of drug-likeness (QED) is 0.872. The Bertz CT molecular complexity index is 619. The van der Waals surface area contributed by atoms with Crippen molar-refractivity contribution in [3.8, 4) is 0 Å². The summed E-state index contributed by atoms with van der Waals surface area (Å²) in [5.41, 5.74) is 1.79. The van der Waals surface area contributed by atoms with Crippen LogP contribution in [0.1, 0.15) is 11.1 Å².